The summed E-state index contributed by atoms with van der Waals surface area (Å²) in [5.74, 6) is 0.334. The van der Waals surface area contributed by atoms with E-state index in [0.29, 0.717) is 19.5 Å². The Bertz CT molecular complexity index is 677. The second kappa shape index (κ2) is 17.6. The minimum Gasteiger partial charge on any atom is -0.508 e. The van der Waals surface area contributed by atoms with E-state index in [2.05, 4.69) is 18.2 Å². The number of carbonyl (C=O) groups is 1. The van der Waals surface area contributed by atoms with Crippen LogP contribution in [0, 0.1) is 12.8 Å². The molecule has 0 saturated heterocycles. The van der Waals surface area contributed by atoms with Gasteiger partial charge >= 0.3 is 0 Å². The molecule has 2 rings (SSSR count). The zero-order valence-corrected chi connectivity index (χ0v) is 18.2. The molecule has 0 aromatic heterocycles. The van der Waals surface area contributed by atoms with E-state index in [-0.39, 0.29) is 11.7 Å². The topological polar surface area (TPSA) is 52.6 Å². The van der Waals surface area contributed by atoms with Crippen molar-refractivity contribution >= 4 is 5.91 Å². The first-order valence-corrected chi connectivity index (χ1v) is 9.63. The van der Waals surface area contributed by atoms with Crippen molar-refractivity contribution in [2.75, 3.05) is 27.2 Å². The second-order valence-corrected chi connectivity index (χ2v) is 5.52. The van der Waals surface area contributed by atoms with Gasteiger partial charge in [-0.1, -0.05) is 38.1 Å². The van der Waals surface area contributed by atoms with Gasteiger partial charge in [0.05, 0.1) is 0 Å². The number of amides is 1. The number of nitrogens with one attached hydrogen (secondary N) is 1. The van der Waals surface area contributed by atoms with Crippen LogP contribution in [0.4, 0.5) is 0 Å². The van der Waals surface area contributed by atoms with Gasteiger partial charge in [-0.15, -0.1) is 12.8 Å². The van der Waals surface area contributed by atoms with E-state index < -0.39 is 0 Å². The number of hydrogen-bond acceptors (Lipinski definition) is 3. The SMILES string of the molecule is C#C.CC.CCN(CC)C(=O)c1cccc(Cc2cccc(O)c2)c1.CNC. The quantitative estimate of drug-likeness (QED) is 0.742. The predicted molar refractivity (Wildman–Crippen MR) is 121 cm³/mol. The smallest absolute Gasteiger partial charge is 0.253 e. The molecule has 2 aromatic rings. The first kappa shape index (κ1) is 27.4. The van der Waals surface area contributed by atoms with Gasteiger partial charge in [-0.25, -0.2) is 0 Å². The lowest BCUT2D eigenvalue weighted by Crippen LogP contribution is -2.30. The summed E-state index contributed by atoms with van der Waals surface area (Å²) in [6, 6.07) is 14.9. The molecule has 0 fully saturated rings. The van der Waals surface area contributed by atoms with Crippen molar-refractivity contribution < 1.29 is 9.90 Å². The van der Waals surface area contributed by atoms with Gasteiger partial charge in [-0.2, -0.15) is 0 Å². The van der Waals surface area contributed by atoms with Gasteiger partial charge < -0.3 is 15.3 Å². The number of aromatic hydroxyl groups is 1. The van der Waals surface area contributed by atoms with Crippen LogP contribution in [0.25, 0.3) is 0 Å². The number of carbonyl (C=O) groups excluding carboxylic acids is 1. The zero-order chi connectivity index (χ0) is 21.9. The highest BCUT2D eigenvalue weighted by Gasteiger charge is 2.12. The van der Waals surface area contributed by atoms with Crippen molar-refractivity contribution in [1.82, 2.24) is 10.2 Å². The summed E-state index contributed by atoms with van der Waals surface area (Å²) in [6.07, 6.45) is 8.70. The van der Waals surface area contributed by atoms with Gasteiger partial charge in [0.25, 0.3) is 5.91 Å². The fourth-order valence-electron chi connectivity index (χ4n) is 2.41. The van der Waals surface area contributed by atoms with E-state index in [0.717, 1.165) is 16.7 Å². The number of rotatable bonds is 5. The molecule has 154 valence electrons. The lowest BCUT2D eigenvalue weighted by Gasteiger charge is -2.19. The third-order valence-corrected chi connectivity index (χ3v) is 3.54. The fraction of sp³-hybridized carbons (Fsp3) is 0.375. The molecule has 4 heteroatoms. The number of phenolic OH excluding ortho intramolecular Hbond substituents is 1. The van der Waals surface area contributed by atoms with Gasteiger partial charge in [-0.05, 0) is 69.8 Å². The van der Waals surface area contributed by atoms with Crippen LogP contribution in [0.2, 0.25) is 0 Å². The Morgan fingerprint density at radius 2 is 1.43 bits per heavy atom. The van der Waals surface area contributed by atoms with E-state index in [1.807, 2.05) is 83.1 Å². The summed E-state index contributed by atoms with van der Waals surface area (Å²) >= 11 is 0. The predicted octanol–water partition coefficient (Wildman–Crippen LogP) is 4.58. The molecule has 28 heavy (non-hydrogen) atoms. The molecule has 0 heterocycles. The molecule has 0 atom stereocenters. The molecule has 0 bridgehead atoms. The first-order valence-electron chi connectivity index (χ1n) is 9.63. The molecule has 2 aromatic carbocycles. The molecular weight excluding hydrogens is 348 g/mol. The Morgan fingerprint density at radius 1 is 0.964 bits per heavy atom. The summed E-state index contributed by atoms with van der Waals surface area (Å²) in [6.45, 7) is 9.40. The lowest BCUT2D eigenvalue weighted by molar-refractivity contribution is 0.0773. The Hall–Kier alpha value is -2.77. The van der Waals surface area contributed by atoms with E-state index >= 15 is 0 Å². The number of terminal acetylenes is 1. The van der Waals surface area contributed by atoms with Crippen molar-refractivity contribution in [3.05, 3.63) is 65.2 Å². The molecule has 0 saturated carbocycles. The number of hydrogen-bond donors (Lipinski definition) is 2. The van der Waals surface area contributed by atoms with Gasteiger partial charge in [0.1, 0.15) is 5.75 Å². The Balaban J connectivity index is 0. The third kappa shape index (κ3) is 10.4. The van der Waals surface area contributed by atoms with Crippen LogP contribution in [-0.4, -0.2) is 43.1 Å². The van der Waals surface area contributed by atoms with Crippen LogP contribution in [0.15, 0.2) is 48.5 Å². The molecular formula is C24H36N2O2. The van der Waals surface area contributed by atoms with E-state index in [4.69, 9.17) is 0 Å². The summed E-state index contributed by atoms with van der Waals surface area (Å²) in [4.78, 5) is 14.2. The number of benzene rings is 2. The molecule has 4 nitrogen and oxygen atoms in total. The first-order chi connectivity index (χ1) is 13.5. The largest absolute Gasteiger partial charge is 0.508 e. The molecule has 0 aliphatic rings. The summed E-state index contributed by atoms with van der Waals surface area (Å²) < 4.78 is 0. The average Bonchev–Trinajstić information content (AvgIpc) is 2.73. The van der Waals surface area contributed by atoms with Crippen molar-refractivity contribution in [3.8, 4) is 18.6 Å². The van der Waals surface area contributed by atoms with E-state index in [1.54, 1.807) is 12.1 Å². The summed E-state index contributed by atoms with van der Waals surface area (Å²) in [7, 11) is 3.75. The fourth-order valence-corrected chi connectivity index (χ4v) is 2.41. The normalized spacial score (nSPS) is 8.71. The molecule has 1 amide bonds. The van der Waals surface area contributed by atoms with Crippen LogP contribution in [0.3, 0.4) is 0 Å². The maximum absolute atomic E-state index is 12.4. The standard InChI is InChI=1S/C18H21NO2.C2H7N.C2H6.C2H2/c1-3-19(4-2)18(21)16-9-5-7-14(12-16)11-15-8-6-10-17(20)13-15;1-3-2;2*1-2/h5-10,12-13,20H,3-4,11H2,1-2H3;3H,1-2H3;1-2H3;1-2H. The van der Waals surface area contributed by atoms with Gasteiger partial charge in [-0.3, -0.25) is 4.79 Å². The summed E-state index contributed by atoms with van der Waals surface area (Å²) in [5, 5.41) is 12.3. The molecule has 0 radical (unpaired) electrons. The highest BCUT2D eigenvalue weighted by molar-refractivity contribution is 5.94. The maximum atomic E-state index is 12.4. The molecule has 0 aliphatic carbocycles. The van der Waals surface area contributed by atoms with Crippen LogP contribution in [0.1, 0.15) is 49.2 Å². The summed E-state index contributed by atoms with van der Waals surface area (Å²) in [5.41, 5.74) is 2.82. The zero-order valence-electron chi connectivity index (χ0n) is 18.2. The maximum Gasteiger partial charge on any atom is 0.253 e. The molecule has 0 aliphatic heterocycles. The van der Waals surface area contributed by atoms with E-state index in [1.165, 1.54) is 0 Å². The van der Waals surface area contributed by atoms with Gasteiger partial charge in [0.2, 0.25) is 0 Å². The minimum atomic E-state index is 0.0674. The van der Waals surface area contributed by atoms with Gasteiger partial charge in [0, 0.05) is 18.7 Å². The molecule has 0 spiro atoms. The van der Waals surface area contributed by atoms with Gasteiger partial charge in [0.15, 0.2) is 0 Å². The van der Waals surface area contributed by atoms with Crippen LogP contribution in [-0.2, 0) is 6.42 Å². The van der Waals surface area contributed by atoms with Crippen molar-refractivity contribution in [3.63, 3.8) is 0 Å². The lowest BCUT2D eigenvalue weighted by atomic mass is 10.0. The highest BCUT2D eigenvalue weighted by Crippen LogP contribution is 2.16. The van der Waals surface area contributed by atoms with Crippen molar-refractivity contribution in [2.24, 2.45) is 0 Å². The van der Waals surface area contributed by atoms with Crippen LogP contribution >= 0.6 is 0 Å². The number of phenols is 1. The average molecular weight is 385 g/mol. The van der Waals surface area contributed by atoms with Crippen molar-refractivity contribution in [2.45, 2.75) is 34.1 Å². The minimum absolute atomic E-state index is 0.0674. The highest BCUT2D eigenvalue weighted by atomic mass is 16.3. The molecule has 0 unspecified atom stereocenters. The Labute approximate surface area is 171 Å². The monoisotopic (exact) mass is 384 g/mol. The third-order valence-electron chi connectivity index (χ3n) is 3.54. The van der Waals surface area contributed by atoms with Crippen molar-refractivity contribution in [1.29, 1.82) is 0 Å². The Morgan fingerprint density at radius 3 is 1.89 bits per heavy atom. The molecule has 2 N–H and O–H groups in total. The Kier molecular flexibility index (Phi) is 17.3. The number of nitrogens with zero attached hydrogens (tertiary/aromatic N) is 1. The van der Waals surface area contributed by atoms with E-state index in [9.17, 15) is 9.90 Å². The van der Waals surface area contributed by atoms with Crippen LogP contribution in [0.5, 0.6) is 5.75 Å². The van der Waals surface area contributed by atoms with Crippen LogP contribution < -0.4 is 5.32 Å². The second-order valence-electron chi connectivity index (χ2n) is 5.52.